The number of hydrogen-bond acceptors (Lipinski definition) is 5. The molecule has 0 saturated carbocycles. The Labute approximate surface area is 198 Å². The Bertz CT molecular complexity index is 1700. The van der Waals surface area contributed by atoms with Gasteiger partial charge in [-0.15, -0.1) is 0 Å². The number of pyridine rings is 1. The van der Waals surface area contributed by atoms with Gasteiger partial charge in [0.25, 0.3) is 0 Å². The molecule has 0 saturated heterocycles. The van der Waals surface area contributed by atoms with Crippen LogP contribution in [0.5, 0.6) is 0 Å². The van der Waals surface area contributed by atoms with E-state index in [4.69, 9.17) is 0 Å². The predicted octanol–water partition coefficient (Wildman–Crippen LogP) is 5.02. The first-order valence-corrected chi connectivity index (χ1v) is 12.1. The van der Waals surface area contributed by atoms with E-state index in [9.17, 15) is 12.8 Å². The lowest BCUT2D eigenvalue weighted by molar-refractivity contribution is 0.570. The summed E-state index contributed by atoms with van der Waals surface area (Å²) in [5.74, 6) is -3.46. The Morgan fingerprint density at radius 2 is 1.77 bits per heavy atom. The van der Waals surface area contributed by atoms with Gasteiger partial charge in [-0.05, 0) is 38.1 Å². The fraction of sp³-hybridized carbons (Fsp3) is 0.125. The summed E-state index contributed by atoms with van der Waals surface area (Å²) in [7, 11) is -4.01. The highest BCUT2D eigenvalue weighted by Gasteiger charge is 2.26. The first kappa shape index (κ1) is 22.8. The minimum absolute atomic E-state index is 0.0528. The molecule has 0 aliphatic heterocycles. The zero-order chi connectivity index (χ0) is 24.9. The van der Waals surface area contributed by atoms with Crippen molar-refractivity contribution in [1.82, 2.24) is 25.1 Å². The lowest BCUT2D eigenvalue weighted by Gasteiger charge is -2.13. The molecule has 2 N–H and O–H groups in total. The SMILES string of the molecule is Cc1ccc(S(=O)(=O)Cc2ccc(F)c(-c3ccc4c(-c5ncc[nH]5)[nH]nc4c3F)c2F)c(C)n1. The second kappa shape index (κ2) is 8.35. The van der Waals surface area contributed by atoms with Gasteiger partial charge < -0.3 is 4.98 Å². The van der Waals surface area contributed by atoms with E-state index in [1.54, 1.807) is 13.1 Å². The van der Waals surface area contributed by atoms with Gasteiger partial charge in [0.05, 0.1) is 21.9 Å². The number of imidazole rings is 1. The molecule has 0 amide bonds. The lowest BCUT2D eigenvalue weighted by atomic mass is 9.99. The summed E-state index contributed by atoms with van der Waals surface area (Å²) in [6, 6.07) is 7.61. The Morgan fingerprint density at radius 3 is 2.49 bits per heavy atom. The van der Waals surface area contributed by atoms with Gasteiger partial charge in [-0.25, -0.2) is 26.6 Å². The minimum Gasteiger partial charge on any atom is -0.343 e. The van der Waals surface area contributed by atoms with Crippen molar-refractivity contribution < 1.29 is 21.6 Å². The third-order valence-corrected chi connectivity index (χ3v) is 7.49. The number of aromatic nitrogens is 5. The van der Waals surface area contributed by atoms with E-state index in [2.05, 4.69) is 25.1 Å². The number of rotatable bonds is 5. The van der Waals surface area contributed by atoms with Crippen LogP contribution in [0.1, 0.15) is 17.0 Å². The number of sulfone groups is 1. The molecule has 7 nitrogen and oxygen atoms in total. The van der Waals surface area contributed by atoms with Gasteiger partial charge >= 0.3 is 0 Å². The highest BCUT2D eigenvalue weighted by atomic mass is 32.2. The molecule has 0 aliphatic rings. The smallest absolute Gasteiger partial charge is 0.184 e. The summed E-state index contributed by atoms with van der Waals surface area (Å²) in [6.45, 7) is 3.26. The molecule has 0 spiro atoms. The first-order valence-electron chi connectivity index (χ1n) is 10.5. The van der Waals surface area contributed by atoms with Crippen molar-refractivity contribution in [1.29, 1.82) is 0 Å². The fourth-order valence-corrected chi connectivity index (χ4v) is 5.62. The second-order valence-electron chi connectivity index (χ2n) is 8.05. The molecule has 2 aromatic carbocycles. The molecule has 0 unspecified atom stereocenters. The third kappa shape index (κ3) is 3.87. The van der Waals surface area contributed by atoms with Gasteiger partial charge in [0.1, 0.15) is 22.8 Å². The molecule has 178 valence electrons. The van der Waals surface area contributed by atoms with Crippen molar-refractivity contribution in [3.8, 4) is 22.6 Å². The largest absolute Gasteiger partial charge is 0.343 e. The fourth-order valence-electron chi connectivity index (χ4n) is 4.06. The normalized spacial score (nSPS) is 11.9. The van der Waals surface area contributed by atoms with Crippen molar-refractivity contribution in [3.05, 3.63) is 83.2 Å². The topological polar surface area (TPSA) is 104 Å². The molecule has 0 radical (unpaired) electrons. The molecular weight excluding hydrogens is 479 g/mol. The van der Waals surface area contributed by atoms with Crippen LogP contribution >= 0.6 is 0 Å². The third-order valence-electron chi connectivity index (χ3n) is 5.70. The van der Waals surface area contributed by atoms with E-state index in [1.807, 2.05) is 0 Å². The average molecular weight is 498 g/mol. The standard InChI is InChI=1S/C24H18F3N5O2S/c1-12-3-8-18(13(2)30-12)35(33,34)11-14-4-7-17(25)19(20(14)26)15-5-6-16-22(21(15)27)31-32-23(16)24-28-9-10-29-24/h3-10H,11H2,1-2H3,(H,28,29)(H,31,32). The van der Waals surface area contributed by atoms with Crippen molar-refractivity contribution >= 4 is 20.7 Å². The van der Waals surface area contributed by atoms with Crippen LogP contribution in [0.3, 0.4) is 0 Å². The molecule has 0 aliphatic carbocycles. The van der Waals surface area contributed by atoms with Crippen molar-refractivity contribution in [2.75, 3.05) is 0 Å². The van der Waals surface area contributed by atoms with E-state index >= 15 is 8.78 Å². The van der Waals surface area contributed by atoms with Crippen LogP contribution in [0, 0.1) is 31.3 Å². The Hall–Kier alpha value is -3.99. The summed E-state index contributed by atoms with van der Waals surface area (Å²) in [5, 5.41) is 6.99. The predicted molar refractivity (Wildman–Crippen MR) is 124 cm³/mol. The molecule has 35 heavy (non-hydrogen) atoms. The number of nitrogens with one attached hydrogen (secondary N) is 2. The minimum atomic E-state index is -4.01. The van der Waals surface area contributed by atoms with Gasteiger partial charge in [0.15, 0.2) is 21.5 Å². The summed E-state index contributed by atoms with van der Waals surface area (Å²) < 4.78 is 71.7. The van der Waals surface area contributed by atoms with Crippen molar-refractivity contribution in [2.24, 2.45) is 0 Å². The van der Waals surface area contributed by atoms with Crippen LogP contribution < -0.4 is 0 Å². The molecule has 3 aromatic heterocycles. The maximum absolute atomic E-state index is 15.5. The lowest BCUT2D eigenvalue weighted by Crippen LogP contribution is -2.10. The Balaban J connectivity index is 1.60. The Morgan fingerprint density at radius 1 is 0.971 bits per heavy atom. The van der Waals surface area contributed by atoms with E-state index in [0.29, 0.717) is 22.6 Å². The van der Waals surface area contributed by atoms with Crippen LogP contribution in [-0.4, -0.2) is 33.6 Å². The molecule has 0 bridgehead atoms. The molecule has 11 heteroatoms. The van der Waals surface area contributed by atoms with Gasteiger partial charge in [-0.3, -0.25) is 10.1 Å². The maximum Gasteiger partial charge on any atom is 0.184 e. The number of benzene rings is 2. The van der Waals surface area contributed by atoms with Crippen molar-refractivity contribution in [3.63, 3.8) is 0 Å². The zero-order valence-corrected chi connectivity index (χ0v) is 19.3. The van der Waals surface area contributed by atoms with Crippen LogP contribution in [0.4, 0.5) is 13.2 Å². The maximum atomic E-state index is 15.5. The highest BCUT2D eigenvalue weighted by molar-refractivity contribution is 7.90. The van der Waals surface area contributed by atoms with E-state index < -0.39 is 38.6 Å². The van der Waals surface area contributed by atoms with Crippen molar-refractivity contribution in [2.45, 2.75) is 24.5 Å². The zero-order valence-electron chi connectivity index (χ0n) is 18.5. The molecule has 3 heterocycles. The number of aromatic amines is 2. The van der Waals surface area contributed by atoms with Gasteiger partial charge in [-0.1, -0.05) is 12.1 Å². The van der Waals surface area contributed by atoms with Crippen LogP contribution in [0.15, 0.2) is 53.7 Å². The summed E-state index contributed by atoms with van der Waals surface area (Å²) >= 11 is 0. The van der Waals surface area contributed by atoms with Crippen LogP contribution in [0.2, 0.25) is 0 Å². The number of fused-ring (bicyclic) bond motifs is 1. The van der Waals surface area contributed by atoms with Crippen LogP contribution in [0.25, 0.3) is 33.5 Å². The molecule has 5 rings (SSSR count). The molecular formula is C24H18F3N5O2S. The van der Waals surface area contributed by atoms with Gasteiger partial charge in [0.2, 0.25) is 0 Å². The molecule has 0 fully saturated rings. The van der Waals surface area contributed by atoms with Crippen LogP contribution in [-0.2, 0) is 15.6 Å². The second-order valence-corrected chi connectivity index (χ2v) is 10.0. The summed E-state index contributed by atoms with van der Waals surface area (Å²) in [4.78, 5) is 11.1. The Kier molecular flexibility index (Phi) is 5.43. The number of halogens is 3. The number of hydrogen-bond donors (Lipinski definition) is 2. The number of nitrogens with zero attached hydrogens (tertiary/aromatic N) is 3. The summed E-state index contributed by atoms with van der Waals surface area (Å²) in [6.07, 6.45) is 3.11. The van der Waals surface area contributed by atoms with Gasteiger partial charge in [0, 0.05) is 34.6 Å². The van der Waals surface area contributed by atoms with E-state index in [0.717, 1.165) is 12.1 Å². The monoisotopic (exact) mass is 497 g/mol. The summed E-state index contributed by atoms with van der Waals surface area (Å²) in [5.41, 5.74) is -0.147. The highest BCUT2D eigenvalue weighted by Crippen LogP contribution is 2.36. The first-order chi connectivity index (χ1) is 16.7. The quantitative estimate of drug-likeness (QED) is 0.355. The molecule has 0 atom stereocenters. The van der Waals surface area contributed by atoms with E-state index in [1.165, 1.54) is 37.4 Å². The molecule has 5 aromatic rings. The number of aryl methyl sites for hydroxylation is 2. The van der Waals surface area contributed by atoms with E-state index in [-0.39, 0.29) is 27.2 Å². The average Bonchev–Trinajstić information content (AvgIpc) is 3.47. The van der Waals surface area contributed by atoms with Gasteiger partial charge in [-0.2, -0.15) is 5.10 Å². The number of H-pyrrole nitrogens is 2.